The zero-order valence-electron chi connectivity index (χ0n) is 14.7. The van der Waals surface area contributed by atoms with Crippen LogP contribution in [-0.2, 0) is 16.0 Å². The Morgan fingerprint density at radius 2 is 2.04 bits per heavy atom. The molecule has 1 heterocycles. The molecular formula is C18H28ClN3O2. The Morgan fingerprint density at radius 3 is 2.71 bits per heavy atom. The van der Waals surface area contributed by atoms with E-state index in [0.29, 0.717) is 32.4 Å². The fourth-order valence-electron chi connectivity index (χ4n) is 2.93. The van der Waals surface area contributed by atoms with Gasteiger partial charge in [0.2, 0.25) is 11.8 Å². The predicted molar refractivity (Wildman–Crippen MR) is 99.2 cm³/mol. The normalized spacial score (nSPS) is 16.7. The molecule has 0 aromatic heterocycles. The van der Waals surface area contributed by atoms with Gasteiger partial charge in [-0.1, -0.05) is 32.0 Å². The van der Waals surface area contributed by atoms with E-state index in [-0.39, 0.29) is 35.6 Å². The topological polar surface area (TPSA) is 75.4 Å². The zero-order valence-corrected chi connectivity index (χ0v) is 15.5. The van der Waals surface area contributed by atoms with E-state index in [4.69, 9.17) is 5.73 Å². The van der Waals surface area contributed by atoms with Crippen LogP contribution in [0.3, 0.4) is 0 Å². The maximum atomic E-state index is 12.3. The van der Waals surface area contributed by atoms with Gasteiger partial charge in [-0.2, -0.15) is 0 Å². The molecule has 1 aromatic carbocycles. The van der Waals surface area contributed by atoms with Crippen LogP contribution in [0.5, 0.6) is 0 Å². The summed E-state index contributed by atoms with van der Waals surface area (Å²) in [5.41, 5.74) is 7.66. The van der Waals surface area contributed by atoms with Crippen LogP contribution < -0.4 is 11.1 Å². The molecule has 1 aliphatic heterocycles. The fraction of sp³-hybridized carbons (Fsp3) is 0.556. The minimum Gasteiger partial charge on any atom is -0.345 e. The lowest BCUT2D eigenvalue weighted by atomic mass is 9.89. The molecule has 134 valence electrons. The molecule has 0 saturated heterocycles. The maximum absolute atomic E-state index is 12.3. The number of hydrogen-bond acceptors (Lipinski definition) is 3. The second kappa shape index (κ2) is 8.49. The van der Waals surface area contributed by atoms with Gasteiger partial charge < -0.3 is 16.0 Å². The van der Waals surface area contributed by atoms with Crippen molar-refractivity contribution in [3.05, 3.63) is 29.8 Å². The van der Waals surface area contributed by atoms with Crippen LogP contribution in [-0.4, -0.2) is 36.9 Å². The lowest BCUT2D eigenvalue weighted by Gasteiger charge is -2.30. The van der Waals surface area contributed by atoms with Crippen LogP contribution in [0, 0.1) is 11.3 Å². The number of hydrogen-bond donors (Lipinski definition) is 2. The number of halogens is 1. The second-order valence-corrected chi connectivity index (χ2v) is 7.20. The van der Waals surface area contributed by atoms with E-state index >= 15 is 0 Å². The monoisotopic (exact) mass is 353 g/mol. The number of benzene rings is 1. The summed E-state index contributed by atoms with van der Waals surface area (Å²) in [7, 11) is 1.80. The molecule has 2 amide bonds. The molecule has 1 atom stereocenters. The summed E-state index contributed by atoms with van der Waals surface area (Å²) in [6, 6.07) is 7.83. The molecule has 1 unspecified atom stereocenters. The van der Waals surface area contributed by atoms with E-state index in [1.165, 1.54) is 0 Å². The lowest BCUT2D eigenvalue weighted by molar-refractivity contribution is -0.131. The van der Waals surface area contributed by atoms with Gasteiger partial charge in [-0.25, -0.2) is 0 Å². The van der Waals surface area contributed by atoms with Crippen molar-refractivity contribution in [2.24, 2.45) is 17.1 Å². The first-order valence-electron chi connectivity index (χ1n) is 8.15. The van der Waals surface area contributed by atoms with Crippen molar-refractivity contribution in [1.82, 2.24) is 4.90 Å². The molecule has 2 rings (SSSR count). The fourth-order valence-corrected chi connectivity index (χ4v) is 2.93. The molecule has 0 saturated carbocycles. The predicted octanol–water partition coefficient (Wildman–Crippen LogP) is 2.44. The Morgan fingerprint density at radius 1 is 1.38 bits per heavy atom. The molecule has 6 heteroatoms. The van der Waals surface area contributed by atoms with Gasteiger partial charge in [0.1, 0.15) is 0 Å². The highest BCUT2D eigenvalue weighted by Crippen LogP contribution is 2.27. The Hall–Kier alpha value is -1.59. The molecule has 5 nitrogen and oxygen atoms in total. The van der Waals surface area contributed by atoms with Gasteiger partial charge >= 0.3 is 0 Å². The summed E-state index contributed by atoms with van der Waals surface area (Å²) in [6.45, 7) is 5.25. The molecule has 0 fully saturated rings. The summed E-state index contributed by atoms with van der Waals surface area (Å²) in [5.74, 6) is -0.0515. The van der Waals surface area contributed by atoms with E-state index in [9.17, 15) is 9.59 Å². The number of nitrogens with two attached hydrogens (primary N) is 1. The number of amides is 2. The Balaban J connectivity index is 0.00000288. The number of carbonyl (C=O) groups excluding carboxylic acids is 2. The summed E-state index contributed by atoms with van der Waals surface area (Å²) in [6.07, 6.45) is 1.66. The van der Waals surface area contributed by atoms with Crippen molar-refractivity contribution >= 4 is 29.9 Å². The molecule has 0 aliphatic carbocycles. The molecule has 24 heavy (non-hydrogen) atoms. The number of para-hydroxylation sites is 1. The highest BCUT2D eigenvalue weighted by molar-refractivity contribution is 5.96. The van der Waals surface area contributed by atoms with Crippen molar-refractivity contribution in [2.75, 3.05) is 25.5 Å². The van der Waals surface area contributed by atoms with E-state index in [1.54, 1.807) is 11.9 Å². The molecule has 0 bridgehead atoms. The minimum atomic E-state index is -0.134. The van der Waals surface area contributed by atoms with Crippen molar-refractivity contribution in [3.63, 3.8) is 0 Å². The summed E-state index contributed by atoms with van der Waals surface area (Å²) < 4.78 is 0. The first kappa shape index (κ1) is 20.5. The second-order valence-electron chi connectivity index (χ2n) is 7.20. The Kier molecular flexibility index (Phi) is 7.24. The van der Waals surface area contributed by atoms with Crippen LogP contribution in [0.2, 0.25) is 0 Å². The van der Waals surface area contributed by atoms with Gasteiger partial charge in [0.15, 0.2) is 0 Å². The lowest BCUT2D eigenvalue weighted by Crippen LogP contribution is -2.40. The van der Waals surface area contributed by atoms with Gasteiger partial charge in [-0.15, -0.1) is 12.4 Å². The standard InChI is InChI=1S/C18H27N3O2.ClH/c1-18(2,11-19)12-21(3)16(22)9-8-14-10-13-6-4-5-7-15(13)20-17(14)23;/h4-7,14H,8-12,19H2,1-3H3,(H,20,23);1H. The smallest absolute Gasteiger partial charge is 0.227 e. The number of anilines is 1. The number of carbonyl (C=O) groups is 2. The molecule has 0 radical (unpaired) electrons. The summed E-state index contributed by atoms with van der Waals surface area (Å²) >= 11 is 0. The van der Waals surface area contributed by atoms with E-state index in [2.05, 4.69) is 5.32 Å². The highest BCUT2D eigenvalue weighted by atomic mass is 35.5. The van der Waals surface area contributed by atoms with Crippen LogP contribution in [0.1, 0.15) is 32.3 Å². The largest absolute Gasteiger partial charge is 0.345 e. The van der Waals surface area contributed by atoms with E-state index < -0.39 is 0 Å². The number of fused-ring (bicyclic) bond motifs is 1. The molecule has 1 aliphatic rings. The van der Waals surface area contributed by atoms with Crippen LogP contribution >= 0.6 is 12.4 Å². The highest BCUT2D eigenvalue weighted by Gasteiger charge is 2.27. The van der Waals surface area contributed by atoms with Crippen molar-refractivity contribution in [2.45, 2.75) is 33.1 Å². The summed E-state index contributed by atoms with van der Waals surface area (Å²) in [4.78, 5) is 26.2. The van der Waals surface area contributed by atoms with Crippen LogP contribution in [0.15, 0.2) is 24.3 Å². The van der Waals surface area contributed by atoms with Crippen molar-refractivity contribution in [3.8, 4) is 0 Å². The third-order valence-electron chi connectivity index (χ3n) is 4.46. The van der Waals surface area contributed by atoms with E-state index in [0.717, 1.165) is 11.3 Å². The Bertz CT molecular complexity index is 589. The zero-order chi connectivity index (χ0) is 17.0. The molecule has 3 N–H and O–H groups in total. The third-order valence-corrected chi connectivity index (χ3v) is 4.46. The quantitative estimate of drug-likeness (QED) is 0.824. The molecular weight excluding hydrogens is 326 g/mol. The van der Waals surface area contributed by atoms with Crippen LogP contribution in [0.4, 0.5) is 5.69 Å². The molecule has 1 aromatic rings. The number of nitrogens with one attached hydrogen (secondary N) is 1. The molecule has 0 spiro atoms. The number of nitrogens with zero attached hydrogens (tertiary/aromatic N) is 1. The first-order chi connectivity index (χ1) is 10.8. The van der Waals surface area contributed by atoms with Crippen molar-refractivity contribution < 1.29 is 9.59 Å². The van der Waals surface area contributed by atoms with Gasteiger partial charge in [-0.05, 0) is 36.4 Å². The maximum Gasteiger partial charge on any atom is 0.227 e. The van der Waals surface area contributed by atoms with Crippen LogP contribution in [0.25, 0.3) is 0 Å². The SMILES string of the molecule is CN(CC(C)(C)CN)C(=O)CCC1Cc2ccccc2NC1=O.Cl. The average molecular weight is 354 g/mol. The number of rotatable bonds is 6. The van der Waals surface area contributed by atoms with Crippen molar-refractivity contribution in [1.29, 1.82) is 0 Å². The van der Waals surface area contributed by atoms with E-state index in [1.807, 2.05) is 38.1 Å². The third kappa shape index (κ3) is 5.21. The van der Waals surface area contributed by atoms with Gasteiger partial charge in [0.05, 0.1) is 0 Å². The average Bonchev–Trinajstić information content (AvgIpc) is 2.52. The Labute approximate surface area is 150 Å². The minimum absolute atomic E-state index is 0. The first-order valence-corrected chi connectivity index (χ1v) is 8.15. The van der Waals surface area contributed by atoms with Gasteiger partial charge in [0.25, 0.3) is 0 Å². The van der Waals surface area contributed by atoms with Gasteiger partial charge in [-0.3, -0.25) is 9.59 Å². The van der Waals surface area contributed by atoms with Gasteiger partial charge in [0, 0.05) is 31.6 Å². The summed E-state index contributed by atoms with van der Waals surface area (Å²) in [5, 5.41) is 2.93.